The summed E-state index contributed by atoms with van der Waals surface area (Å²) in [5, 5.41) is 13.3. The van der Waals surface area contributed by atoms with Crippen molar-refractivity contribution in [2.24, 2.45) is 5.92 Å². The van der Waals surface area contributed by atoms with Gasteiger partial charge in [-0.05, 0) is 53.8 Å². The van der Waals surface area contributed by atoms with Crippen LogP contribution in [0, 0.1) is 5.92 Å². The van der Waals surface area contributed by atoms with E-state index in [9.17, 15) is 5.11 Å². The summed E-state index contributed by atoms with van der Waals surface area (Å²) in [6.07, 6.45) is 3.15. The molecule has 1 saturated heterocycles. The lowest BCUT2D eigenvalue weighted by Gasteiger charge is -2.26. The molecule has 0 radical (unpaired) electrons. The molecule has 1 aromatic rings. The first-order chi connectivity index (χ1) is 6.79. The van der Waals surface area contributed by atoms with Crippen LogP contribution in [0.4, 0.5) is 0 Å². The summed E-state index contributed by atoms with van der Waals surface area (Å²) in [4.78, 5) is 0. The number of nitrogens with one attached hydrogen (secondary N) is 1. The Hall–Kier alpha value is -0.320. The minimum absolute atomic E-state index is 0.318. The van der Waals surface area contributed by atoms with Crippen molar-refractivity contribution in [3.63, 3.8) is 0 Å². The fourth-order valence-electron chi connectivity index (χ4n) is 1.89. The Labute approximate surface area is 91.6 Å². The predicted octanol–water partition coefficient (Wildman–Crippen LogP) is 2.08. The Morgan fingerprint density at radius 2 is 2.21 bits per heavy atom. The molecule has 1 unspecified atom stereocenters. The van der Waals surface area contributed by atoms with Crippen molar-refractivity contribution in [2.45, 2.75) is 18.9 Å². The number of piperidine rings is 1. The molecule has 4 heteroatoms. The van der Waals surface area contributed by atoms with Gasteiger partial charge >= 0.3 is 0 Å². The van der Waals surface area contributed by atoms with Gasteiger partial charge in [0.25, 0.3) is 0 Å². The van der Waals surface area contributed by atoms with E-state index in [-0.39, 0.29) is 0 Å². The Bertz CT molecular complexity index is 294. The summed E-state index contributed by atoms with van der Waals surface area (Å²) < 4.78 is 6.13. The van der Waals surface area contributed by atoms with Gasteiger partial charge in [-0.1, -0.05) is 0 Å². The number of furan rings is 1. The van der Waals surface area contributed by atoms with Crippen LogP contribution in [-0.4, -0.2) is 18.2 Å². The van der Waals surface area contributed by atoms with Crippen molar-refractivity contribution < 1.29 is 9.52 Å². The Morgan fingerprint density at radius 1 is 1.50 bits per heavy atom. The first kappa shape index (κ1) is 10.2. The molecule has 0 spiro atoms. The third kappa shape index (κ3) is 2.02. The van der Waals surface area contributed by atoms with Gasteiger partial charge in [-0.3, -0.25) is 0 Å². The summed E-state index contributed by atoms with van der Waals surface area (Å²) in [5.41, 5.74) is 0. The van der Waals surface area contributed by atoms with Crippen molar-refractivity contribution >= 4 is 15.9 Å². The zero-order valence-corrected chi connectivity index (χ0v) is 9.46. The molecule has 2 heterocycles. The van der Waals surface area contributed by atoms with Gasteiger partial charge in [-0.15, -0.1) is 0 Å². The molecule has 3 nitrogen and oxygen atoms in total. The van der Waals surface area contributed by atoms with Gasteiger partial charge in [0, 0.05) is 0 Å². The van der Waals surface area contributed by atoms with E-state index in [1.807, 2.05) is 6.07 Å². The number of aliphatic hydroxyl groups excluding tert-OH is 1. The zero-order chi connectivity index (χ0) is 9.97. The quantitative estimate of drug-likeness (QED) is 0.855. The van der Waals surface area contributed by atoms with Gasteiger partial charge in [0.05, 0.1) is 10.7 Å². The highest BCUT2D eigenvalue weighted by Gasteiger charge is 2.26. The second kappa shape index (κ2) is 4.47. The average molecular weight is 260 g/mol. The van der Waals surface area contributed by atoms with Gasteiger partial charge in [0.2, 0.25) is 0 Å². The standard InChI is InChI=1S/C10H14BrNO2/c11-8-3-6-14-10(8)9(13)7-1-4-12-5-2-7/h3,6-7,9,12-13H,1-2,4-5H2. The lowest BCUT2D eigenvalue weighted by molar-refractivity contribution is 0.0682. The molecule has 1 aromatic heterocycles. The van der Waals surface area contributed by atoms with E-state index in [0.29, 0.717) is 11.7 Å². The molecule has 14 heavy (non-hydrogen) atoms. The monoisotopic (exact) mass is 259 g/mol. The Balaban J connectivity index is 2.07. The van der Waals surface area contributed by atoms with Crippen LogP contribution in [0.2, 0.25) is 0 Å². The number of halogens is 1. The van der Waals surface area contributed by atoms with Crippen molar-refractivity contribution in [1.82, 2.24) is 5.32 Å². The molecule has 0 bridgehead atoms. The topological polar surface area (TPSA) is 45.4 Å². The first-order valence-electron chi connectivity index (χ1n) is 4.90. The van der Waals surface area contributed by atoms with Crippen molar-refractivity contribution in [3.05, 3.63) is 22.6 Å². The average Bonchev–Trinajstić information content (AvgIpc) is 2.65. The van der Waals surface area contributed by atoms with E-state index in [4.69, 9.17) is 4.42 Å². The smallest absolute Gasteiger partial charge is 0.146 e. The van der Waals surface area contributed by atoms with E-state index >= 15 is 0 Å². The van der Waals surface area contributed by atoms with Gasteiger partial charge in [-0.2, -0.15) is 0 Å². The highest BCUT2D eigenvalue weighted by atomic mass is 79.9. The molecule has 0 saturated carbocycles. The second-order valence-corrected chi connectivity index (χ2v) is 4.52. The molecular formula is C10H14BrNO2. The predicted molar refractivity (Wildman–Crippen MR) is 57.0 cm³/mol. The molecule has 1 fully saturated rings. The second-order valence-electron chi connectivity index (χ2n) is 3.67. The molecule has 78 valence electrons. The normalized spacial score (nSPS) is 21.0. The minimum Gasteiger partial charge on any atom is -0.465 e. The molecule has 0 amide bonds. The van der Waals surface area contributed by atoms with Crippen molar-refractivity contribution in [2.75, 3.05) is 13.1 Å². The minimum atomic E-state index is -0.471. The fraction of sp³-hybridized carbons (Fsp3) is 0.600. The van der Waals surface area contributed by atoms with Crippen LogP contribution in [0.3, 0.4) is 0 Å². The van der Waals surface area contributed by atoms with Gasteiger partial charge in [0.15, 0.2) is 0 Å². The third-order valence-corrected chi connectivity index (χ3v) is 3.40. The molecule has 2 N–H and O–H groups in total. The van der Waals surface area contributed by atoms with Crippen LogP contribution in [0.1, 0.15) is 24.7 Å². The molecule has 2 rings (SSSR count). The fourth-order valence-corrected chi connectivity index (χ4v) is 2.33. The van der Waals surface area contributed by atoms with Crippen LogP contribution in [-0.2, 0) is 0 Å². The highest BCUT2D eigenvalue weighted by molar-refractivity contribution is 9.10. The maximum absolute atomic E-state index is 10.1. The summed E-state index contributed by atoms with van der Waals surface area (Å²) in [6, 6.07) is 1.82. The number of aliphatic hydroxyl groups is 1. The van der Waals surface area contributed by atoms with E-state index in [1.165, 1.54) is 0 Å². The summed E-state index contributed by atoms with van der Waals surface area (Å²) in [7, 11) is 0. The Kier molecular flexibility index (Phi) is 3.26. The molecule has 0 aliphatic carbocycles. The van der Waals surface area contributed by atoms with Crippen LogP contribution < -0.4 is 5.32 Å². The van der Waals surface area contributed by atoms with Crippen LogP contribution in [0.25, 0.3) is 0 Å². The summed E-state index contributed by atoms with van der Waals surface area (Å²) >= 11 is 3.36. The molecule has 1 aliphatic rings. The van der Waals surface area contributed by atoms with Crippen LogP contribution in [0.5, 0.6) is 0 Å². The van der Waals surface area contributed by atoms with Gasteiger partial charge < -0.3 is 14.8 Å². The zero-order valence-electron chi connectivity index (χ0n) is 7.87. The van der Waals surface area contributed by atoms with Gasteiger partial charge in [-0.25, -0.2) is 0 Å². The summed E-state index contributed by atoms with van der Waals surface area (Å²) in [6.45, 7) is 1.97. The van der Waals surface area contributed by atoms with Gasteiger partial charge in [0.1, 0.15) is 11.9 Å². The molecule has 1 atom stereocenters. The number of hydrogen-bond donors (Lipinski definition) is 2. The van der Waals surface area contributed by atoms with Crippen LogP contribution >= 0.6 is 15.9 Å². The van der Waals surface area contributed by atoms with E-state index in [1.54, 1.807) is 6.26 Å². The lowest BCUT2D eigenvalue weighted by Crippen LogP contribution is -2.30. The summed E-state index contributed by atoms with van der Waals surface area (Å²) in [5.74, 6) is 0.982. The maximum atomic E-state index is 10.1. The molecule has 0 aromatic carbocycles. The number of hydrogen-bond acceptors (Lipinski definition) is 3. The van der Waals surface area contributed by atoms with Crippen molar-refractivity contribution in [1.29, 1.82) is 0 Å². The molecular weight excluding hydrogens is 246 g/mol. The number of rotatable bonds is 2. The largest absolute Gasteiger partial charge is 0.465 e. The lowest BCUT2D eigenvalue weighted by atomic mass is 9.91. The SMILES string of the molecule is OC(c1occc1Br)C1CCNCC1. The van der Waals surface area contributed by atoms with E-state index in [0.717, 1.165) is 30.4 Å². The highest BCUT2D eigenvalue weighted by Crippen LogP contribution is 2.33. The van der Waals surface area contributed by atoms with E-state index < -0.39 is 6.10 Å². The van der Waals surface area contributed by atoms with Crippen LogP contribution in [0.15, 0.2) is 21.2 Å². The van der Waals surface area contributed by atoms with E-state index in [2.05, 4.69) is 21.2 Å². The maximum Gasteiger partial charge on any atom is 0.146 e. The first-order valence-corrected chi connectivity index (χ1v) is 5.70. The van der Waals surface area contributed by atoms with Crippen molar-refractivity contribution in [3.8, 4) is 0 Å². The third-order valence-electron chi connectivity index (χ3n) is 2.74. The molecule has 1 aliphatic heterocycles. The Morgan fingerprint density at radius 3 is 2.79 bits per heavy atom.